The van der Waals surface area contributed by atoms with Crippen molar-refractivity contribution in [2.24, 2.45) is 0 Å². The molecule has 3 fully saturated rings. The quantitative estimate of drug-likeness (QED) is 0.0930. The molecule has 0 atom stereocenters. The van der Waals surface area contributed by atoms with Crippen molar-refractivity contribution in [3.63, 3.8) is 0 Å². The van der Waals surface area contributed by atoms with Crippen molar-refractivity contribution in [1.82, 2.24) is 0 Å². The minimum absolute atomic E-state index is 0.289. The first-order valence-electron chi connectivity index (χ1n) is 19.8. The van der Waals surface area contributed by atoms with Gasteiger partial charge in [0, 0.05) is 17.1 Å². The molecule has 0 aromatic heterocycles. The zero-order valence-corrected chi connectivity index (χ0v) is 32.2. The van der Waals surface area contributed by atoms with Gasteiger partial charge in [-0.25, -0.2) is 0 Å². The van der Waals surface area contributed by atoms with Crippen molar-refractivity contribution in [2.45, 2.75) is 0 Å². The van der Waals surface area contributed by atoms with Crippen LogP contribution in [0.5, 0.6) is 0 Å². The van der Waals surface area contributed by atoms with Gasteiger partial charge in [-0.05, 0) is 86.2 Å². The Morgan fingerprint density at radius 1 is 0.310 bits per heavy atom. The van der Waals surface area contributed by atoms with Gasteiger partial charge in [-0.2, -0.15) is 0 Å². The molecule has 284 valence electrons. The summed E-state index contributed by atoms with van der Waals surface area (Å²) < 4.78 is 34.2. The molecule has 10 heteroatoms. The normalized spacial score (nSPS) is 15.8. The number of hydrogen-bond acceptors (Lipinski definition) is 7. The number of anilines is 3. The molecule has 0 spiro atoms. The SMILES string of the molecule is C(=C\c1cccc(B2OCCO2)c1)/c1ccc(N(c2ccc(/C=C/c3cccc(B4OCCO4)c3)cc2)c2ccc(/C=C/c3cccc(B4OCCO4)c3)cc2)cc1. The molecule has 0 N–H and O–H groups in total. The van der Waals surface area contributed by atoms with Crippen LogP contribution in [0.2, 0.25) is 0 Å². The highest BCUT2D eigenvalue weighted by atomic mass is 16.6. The Balaban J connectivity index is 0.953. The highest BCUT2D eigenvalue weighted by Crippen LogP contribution is 2.35. The molecule has 6 aromatic carbocycles. The van der Waals surface area contributed by atoms with Crippen molar-refractivity contribution in [3.8, 4) is 0 Å². The van der Waals surface area contributed by atoms with Crippen LogP contribution in [0.3, 0.4) is 0 Å². The molecule has 0 bridgehead atoms. The first-order chi connectivity index (χ1) is 28.7. The maximum atomic E-state index is 5.71. The van der Waals surface area contributed by atoms with Gasteiger partial charge in [-0.1, -0.05) is 146 Å². The Morgan fingerprint density at radius 2 is 0.569 bits per heavy atom. The third-order valence-corrected chi connectivity index (χ3v) is 10.3. The molecule has 58 heavy (non-hydrogen) atoms. The summed E-state index contributed by atoms with van der Waals surface area (Å²) in [6, 6.07) is 50.9. The van der Waals surface area contributed by atoms with E-state index in [0.29, 0.717) is 39.6 Å². The van der Waals surface area contributed by atoms with E-state index in [4.69, 9.17) is 27.9 Å². The second-order valence-corrected chi connectivity index (χ2v) is 14.3. The van der Waals surface area contributed by atoms with Crippen molar-refractivity contribution in [1.29, 1.82) is 0 Å². The zero-order chi connectivity index (χ0) is 38.9. The molecule has 7 nitrogen and oxygen atoms in total. The lowest BCUT2D eigenvalue weighted by Gasteiger charge is -2.26. The number of hydrogen-bond donors (Lipinski definition) is 0. The van der Waals surface area contributed by atoms with Crippen molar-refractivity contribution < 1.29 is 27.9 Å². The van der Waals surface area contributed by atoms with Crippen LogP contribution in [0.15, 0.2) is 146 Å². The van der Waals surface area contributed by atoms with Gasteiger partial charge >= 0.3 is 21.4 Å². The Morgan fingerprint density at radius 3 is 0.845 bits per heavy atom. The lowest BCUT2D eigenvalue weighted by Crippen LogP contribution is -2.31. The molecule has 0 saturated carbocycles. The lowest BCUT2D eigenvalue weighted by molar-refractivity contribution is 0.365. The summed E-state index contributed by atoms with van der Waals surface area (Å²) in [5.41, 5.74) is 12.9. The Bertz CT molecular complexity index is 2110. The van der Waals surface area contributed by atoms with Crippen LogP contribution in [-0.2, 0) is 27.9 Å². The van der Waals surface area contributed by atoms with Crippen LogP contribution < -0.4 is 21.3 Å². The molecule has 0 unspecified atom stereocenters. The van der Waals surface area contributed by atoms with Crippen LogP contribution in [-0.4, -0.2) is 61.0 Å². The maximum Gasteiger partial charge on any atom is 0.494 e. The number of rotatable bonds is 12. The van der Waals surface area contributed by atoms with Crippen molar-refractivity contribution in [2.75, 3.05) is 44.5 Å². The van der Waals surface area contributed by atoms with Crippen LogP contribution >= 0.6 is 0 Å². The average molecular weight is 761 g/mol. The van der Waals surface area contributed by atoms with Gasteiger partial charge in [0.2, 0.25) is 0 Å². The second-order valence-electron chi connectivity index (χ2n) is 14.3. The van der Waals surface area contributed by atoms with E-state index in [0.717, 1.165) is 66.8 Å². The summed E-state index contributed by atoms with van der Waals surface area (Å²) in [6.45, 7) is 3.76. The predicted molar refractivity (Wildman–Crippen MR) is 239 cm³/mol. The molecular formula is C48H42B3NO6. The molecule has 3 aliphatic heterocycles. The Kier molecular flexibility index (Phi) is 11.9. The Hall–Kier alpha value is -5.71. The third kappa shape index (κ3) is 9.36. The van der Waals surface area contributed by atoms with Gasteiger partial charge in [0.15, 0.2) is 0 Å². The van der Waals surface area contributed by atoms with E-state index in [1.807, 2.05) is 36.4 Å². The fourth-order valence-corrected chi connectivity index (χ4v) is 7.31. The van der Waals surface area contributed by atoms with Gasteiger partial charge in [-0.15, -0.1) is 0 Å². The largest absolute Gasteiger partial charge is 0.494 e. The smallest absolute Gasteiger partial charge is 0.405 e. The molecule has 6 aromatic rings. The predicted octanol–water partition coefficient (Wildman–Crippen LogP) is 7.89. The van der Waals surface area contributed by atoms with E-state index in [1.165, 1.54) is 0 Å². The van der Waals surface area contributed by atoms with Crippen LogP contribution in [0.25, 0.3) is 36.5 Å². The lowest BCUT2D eigenvalue weighted by atomic mass is 9.79. The topological polar surface area (TPSA) is 58.6 Å². The minimum atomic E-state index is -0.289. The van der Waals surface area contributed by atoms with Gasteiger partial charge in [0.05, 0.1) is 39.6 Å². The summed E-state index contributed by atoms with van der Waals surface area (Å²) in [4.78, 5) is 2.29. The standard InChI is InChI=1S/C48H42B3NO6/c1-4-40(34-43(7-1)49-53-28-29-54-49)13-10-37-16-22-46(23-17-37)52(47-24-18-38(19-25-47)11-14-41-5-2-8-44(35-41)50-55-30-31-56-50)48-26-20-39(21-27-48)12-15-42-6-3-9-45(36-42)51-57-32-33-58-51/h1-27,34-36H,28-33H2/b13-10+,14-11+,15-12+. The monoisotopic (exact) mass is 761 g/mol. The molecule has 3 saturated heterocycles. The number of benzene rings is 6. The van der Waals surface area contributed by atoms with Gasteiger partial charge in [0.1, 0.15) is 0 Å². The Labute approximate surface area is 341 Å². The van der Waals surface area contributed by atoms with E-state index in [9.17, 15) is 0 Å². The van der Waals surface area contributed by atoms with Crippen LogP contribution in [0, 0.1) is 0 Å². The van der Waals surface area contributed by atoms with E-state index in [2.05, 4.69) is 151 Å². The highest BCUT2D eigenvalue weighted by Gasteiger charge is 2.27. The molecule has 0 amide bonds. The van der Waals surface area contributed by atoms with Gasteiger partial charge < -0.3 is 32.8 Å². The third-order valence-electron chi connectivity index (χ3n) is 10.3. The van der Waals surface area contributed by atoms with Crippen molar-refractivity contribution in [3.05, 3.63) is 179 Å². The second kappa shape index (κ2) is 18.3. The zero-order valence-electron chi connectivity index (χ0n) is 32.2. The van der Waals surface area contributed by atoms with E-state index >= 15 is 0 Å². The summed E-state index contributed by atoms with van der Waals surface area (Å²) in [7, 11) is -0.868. The summed E-state index contributed by atoms with van der Waals surface area (Å²) in [5, 5.41) is 0. The average Bonchev–Trinajstić information content (AvgIpc) is 4.12. The summed E-state index contributed by atoms with van der Waals surface area (Å²) >= 11 is 0. The molecule has 0 aliphatic carbocycles. The summed E-state index contributed by atoms with van der Waals surface area (Å²) in [6.07, 6.45) is 12.8. The van der Waals surface area contributed by atoms with Crippen LogP contribution in [0.4, 0.5) is 17.1 Å². The molecule has 9 rings (SSSR count). The summed E-state index contributed by atoms with van der Waals surface area (Å²) in [5.74, 6) is 0. The van der Waals surface area contributed by atoms with Crippen molar-refractivity contribution >= 4 is 91.3 Å². The number of nitrogens with zero attached hydrogens (tertiary/aromatic N) is 1. The first kappa shape index (κ1) is 37.8. The molecular weight excluding hydrogens is 719 g/mol. The fraction of sp³-hybridized carbons (Fsp3) is 0.125. The molecule has 3 heterocycles. The van der Waals surface area contributed by atoms with Crippen LogP contribution in [0.1, 0.15) is 33.4 Å². The highest BCUT2D eigenvalue weighted by molar-refractivity contribution is 6.62. The van der Waals surface area contributed by atoms with E-state index in [-0.39, 0.29) is 21.4 Å². The van der Waals surface area contributed by atoms with E-state index < -0.39 is 0 Å². The van der Waals surface area contributed by atoms with E-state index in [1.54, 1.807) is 0 Å². The maximum absolute atomic E-state index is 5.71. The fourth-order valence-electron chi connectivity index (χ4n) is 7.31. The minimum Gasteiger partial charge on any atom is -0.405 e. The van der Waals surface area contributed by atoms with Gasteiger partial charge in [0.25, 0.3) is 0 Å². The van der Waals surface area contributed by atoms with Gasteiger partial charge in [-0.3, -0.25) is 0 Å². The molecule has 3 aliphatic rings. The molecule has 0 radical (unpaired) electrons. The first-order valence-corrected chi connectivity index (χ1v) is 19.8.